The number of carbonyl (C=O) groups excluding carboxylic acids is 1. The standard InChI is InChI=1S/C18H19F3N2O3/c1-12(2)26-14-7-5-13(6-8-14)10-23-16(24)15-4-3-9-22-17(15)25-11-18(19,20)21/h3-9,12H,10-11H2,1-2H3,(H,23,24). The van der Waals surface area contributed by atoms with Crippen molar-refractivity contribution in [2.45, 2.75) is 32.7 Å². The van der Waals surface area contributed by atoms with E-state index in [2.05, 4.69) is 15.0 Å². The zero-order valence-corrected chi connectivity index (χ0v) is 14.3. The number of rotatable bonds is 7. The summed E-state index contributed by atoms with van der Waals surface area (Å²) in [5, 5.41) is 2.63. The summed E-state index contributed by atoms with van der Waals surface area (Å²) in [5.74, 6) is -0.217. The summed E-state index contributed by atoms with van der Waals surface area (Å²) in [6.45, 7) is 2.52. The second kappa shape index (κ2) is 8.55. The second-order valence-electron chi connectivity index (χ2n) is 5.75. The number of carbonyl (C=O) groups is 1. The molecule has 0 aliphatic rings. The van der Waals surface area contributed by atoms with Crippen LogP contribution in [-0.4, -0.2) is 29.8 Å². The SMILES string of the molecule is CC(C)Oc1ccc(CNC(=O)c2cccnc2OCC(F)(F)F)cc1. The first-order chi connectivity index (χ1) is 12.2. The van der Waals surface area contributed by atoms with Crippen LogP contribution in [-0.2, 0) is 6.54 Å². The van der Waals surface area contributed by atoms with Crippen molar-refractivity contribution < 1.29 is 27.4 Å². The van der Waals surface area contributed by atoms with Gasteiger partial charge in [0.2, 0.25) is 5.88 Å². The fourth-order valence-electron chi connectivity index (χ4n) is 2.06. The Balaban J connectivity index is 1.97. The van der Waals surface area contributed by atoms with Crippen molar-refractivity contribution in [1.82, 2.24) is 10.3 Å². The van der Waals surface area contributed by atoms with E-state index in [0.29, 0.717) is 5.75 Å². The Morgan fingerprint density at radius 2 is 1.88 bits per heavy atom. The van der Waals surface area contributed by atoms with Crippen molar-refractivity contribution in [3.8, 4) is 11.6 Å². The van der Waals surface area contributed by atoms with Gasteiger partial charge >= 0.3 is 6.18 Å². The van der Waals surface area contributed by atoms with Crippen LogP contribution >= 0.6 is 0 Å². The Bertz CT molecular complexity index is 731. The molecular weight excluding hydrogens is 349 g/mol. The van der Waals surface area contributed by atoms with Crippen LogP contribution < -0.4 is 14.8 Å². The molecule has 0 saturated heterocycles. The highest BCUT2D eigenvalue weighted by atomic mass is 19.4. The topological polar surface area (TPSA) is 60.5 Å². The van der Waals surface area contributed by atoms with Crippen LogP contribution in [0.2, 0.25) is 0 Å². The van der Waals surface area contributed by atoms with Crippen LogP contribution in [0.4, 0.5) is 13.2 Å². The van der Waals surface area contributed by atoms with E-state index in [0.717, 1.165) is 5.56 Å². The third-order valence-electron chi connectivity index (χ3n) is 3.14. The number of amides is 1. The van der Waals surface area contributed by atoms with Gasteiger partial charge in [-0.3, -0.25) is 4.79 Å². The molecule has 0 aliphatic heterocycles. The Morgan fingerprint density at radius 1 is 1.19 bits per heavy atom. The lowest BCUT2D eigenvalue weighted by atomic mass is 10.2. The van der Waals surface area contributed by atoms with Gasteiger partial charge in [-0.25, -0.2) is 4.98 Å². The first-order valence-corrected chi connectivity index (χ1v) is 7.93. The molecule has 5 nitrogen and oxygen atoms in total. The van der Waals surface area contributed by atoms with Crippen molar-refractivity contribution >= 4 is 5.91 Å². The molecule has 1 aromatic heterocycles. The van der Waals surface area contributed by atoms with Crippen LogP contribution in [0, 0.1) is 0 Å². The molecule has 140 valence electrons. The fourth-order valence-corrected chi connectivity index (χ4v) is 2.06. The van der Waals surface area contributed by atoms with Gasteiger partial charge in [-0.05, 0) is 43.7 Å². The average Bonchev–Trinajstić information content (AvgIpc) is 2.58. The predicted molar refractivity (Wildman–Crippen MR) is 89.2 cm³/mol. The Kier molecular flexibility index (Phi) is 6.43. The van der Waals surface area contributed by atoms with Crippen LogP contribution in [0.25, 0.3) is 0 Å². The molecule has 1 heterocycles. The van der Waals surface area contributed by atoms with E-state index in [1.807, 2.05) is 13.8 Å². The van der Waals surface area contributed by atoms with E-state index < -0.39 is 18.7 Å². The number of nitrogens with one attached hydrogen (secondary N) is 1. The normalized spacial score (nSPS) is 11.3. The molecule has 26 heavy (non-hydrogen) atoms. The van der Waals surface area contributed by atoms with Gasteiger partial charge in [-0.15, -0.1) is 0 Å². The predicted octanol–water partition coefficient (Wildman–Crippen LogP) is 3.74. The first kappa shape index (κ1) is 19.6. The number of hydrogen-bond donors (Lipinski definition) is 1. The molecule has 2 aromatic rings. The summed E-state index contributed by atoms with van der Waals surface area (Å²) in [6, 6.07) is 9.96. The molecule has 0 atom stereocenters. The second-order valence-corrected chi connectivity index (χ2v) is 5.75. The molecule has 0 unspecified atom stereocenters. The summed E-state index contributed by atoms with van der Waals surface area (Å²) in [6.07, 6.45) is -3.19. The van der Waals surface area contributed by atoms with Crippen molar-refractivity contribution in [2.75, 3.05) is 6.61 Å². The Hall–Kier alpha value is -2.77. The summed E-state index contributed by atoms with van der Waals surface area (Å²) in [4.78, 5) is 15.9. The molecule has 0 fully saturated rings. The number of benzene rings is 1. The van der Waals surface area contributed by atoms with Crippen molar-refractivity contribution in [1.29, 1.82) is 0 Å². The van der Waals surface area contributed by atoms with E-state index in [4.69, 9.17) is 4.74 Å². The summed E-state index contributed by atoms with van der Waals surface area (Å²) < 4.78 is 47.0. The number of hydrogen-bond acceptors (Lipinski definition) is 4. The summed E-state index contributed by atoms with van der Waals surface area (Å²) >= 11 is 0. The van der Waals surface area contributed by atoms with E-state index in [9.17, 15) is 18.0 Å². The largest absolute Gasteiger partial charge is 0.491 e. The lowest BCUT2D eigenvalue weighted by Gasteiger charge is -2.12. The lowest BCUT2D eigenvalue weighted by Crippen LogP contribution is -2.25. The van der Waals surface area contributed by atoms with Gasteiger partial charge in [0.05, 0.1) is 6.10 Å². The highest BCUT2D eigenvalue weighted by molar-refractivity contribution is 5.96. The molecule has 1 N–H and O–H groups in total. The lowest BCUT2D eigenvalue weighted by molar-refractivity contribution is -0.154. The molecule has 2 rings (SSSR count). The molecule has 0 spiro atoms. The summed E-state index contributed by atoms with van der Waals surface area (Å²) in [7, 11) is 0. The van der Waals surface area contributed by atoms with Gasteiger partial charge in [0.15, 0.2) is 6.61 Å². The van der Waals surface area contributed by atoms with Crippen LogP contribution in [0.1, 0.15) is 29.8 Å². The molecule has 0 radical (unpaired) electrons. The maximum atomic E-state index is 12.3. The number of aromatic nitrogens is 1. The molecule has 0 aliphatic carbocycles. The minimum absolute atomic E-state index is 0.0567. The zero-order chi connectivity index (χ0) is 19.2. The monoisotopic (exact) mass is 368 g/mol. The van der Waals surface area contributed by atoms with Crippen LogP contribution in [0.15, 0.2) is 42.6 Å². The maximum Gasteiger partial charge on any atom is 0.422 e. The number of alkyl halides is 3. The van der Waals surface area contributed by atoms with Gasteiger partial charge in [0.25, 0.3) is 5.91 Å². The fraction of sp³-hybridized carbons (Fsp3) is 0.333. The average molecular weight is 368 g/mol. The van der Waals surface area contributed by atoms with Crippen molar-refractivity contribution in [3.63, 3.8) is 0 Å². The third kappa shape index (κ3) is 6.27. The summed E-state index contributed by atoms with van der Waals surface area (Å²) in [5.41, 5.74) is 0.757. The Labute approximate surface area is 149 Å². The molecule has 8 heteroatoms. The van der Waals surface area contributed by atoms with E-state index >= 15 is 0 Å². The number of pyridine rings is 1. The van der Waals surface area contributed by atoms with E-state index in [1.54, 1.807) is 24.3 Å². The van der Waals surface area contributed by atoms with Crippen LogP contribution in [0.5, 0.6) is 11.6 Å². The molecule has 1 aromatic carbocycles. The highest BCUT2D eigenvalue weighted by Crippen LogP contribution is 2.20. The maximum absolute atomic E-state index is 12.3. The minimum atomic E-state index is -4.51. The Morgan fingerprint density at radius 3 is 2.50 bits per heavy atom. The van der Waals surface area contributed by atoms with Gasteiger partial charge in [0.1, 0.15) is 11.3 Å². The third-order valence-corrected chi connectivity index (χ3v) is 3.14. The number of nitrogens with zero attached hydrogens (tertiary/aromatic N) is 1. The highest BCUT2D eigenvalue weighted by Gasteiger charge is 2.29. The molecular formula is C18H19F3N2O3. The van der Waals surface area contributed by atoms with Gasteiger partial charge < -0.3 is 14.8 Å². The molecule has 0 bridgehead atoms. The van der Waals surface area contributed by atoms with E-state index in [-0.39, 0.29) is 24.1 Å². The van der Waals surface area contributed by atoms with Gasteiger partial charge in [-0.1, -0.05) is 12.1 Å². The van der Waals surface area contributed by atoms with Gasteiger partial charge in [0, 0.05) is 12.7 Å². The first-order valence-electron chi connectivity index (χ1n) is 7.93. The van der Waals surface area contributed by atoms with Crippen molar-refractivity contribution in [3.05, 3.63) is 53.7 Å². The zero-order valence-electron chi connectivity index (χ0n) is 14.3. The quantitative estimate of drug-likeness (QED) is 0.809. The molecule has 0 saturated carbocycles. The smallest absolute Gasteiger partial charge is 0.422 e. The number of ether oxygens (including phenoxy) is 2. The van der Waals surface area contributed by atoms with E-state index in [1.165, 1.54) is 18.3 Å². The van der Waals surface area contributed by atoms with Gasteiger partial charge in [-0.2, -0.15) is 13.2 Å². The van der Waals surface area contributed by atoms with Crippen molar-refractivity contribution in [2.24, 2.45) is 0 Å². The minimum Gasteiger partial charge on any atom is -0.491 e. The molecule has 1 amide bonds. The number of halogens is 3. The van der Waals surface area contributed by atoms with Crippen LogP contribution in [0.3, 0.4) is 0 Å².